The number of hydrogen-bond acceptors (Lipinski definition) is 5. The van der Waals surface area contributed by atoms with Crippen LogP contribution in [0.2, 0.25) is 5.02 Å². The number of carbonyl (C=O) groups is 2. The Labute approximate surface area is 175 Å². The zero-order valence-electron chi connectivity index (χ0n) is 15.6. The van der Waals surface area contributed by atoms with Crippen molar-refractivity contribution in [1.29, 1.82) is 0 Å². The number of nitro groups is 1. The molecule has 0 atom stereocenters. The van der Waals surface area contributed by atoms with Crippen LogP contribution >= 0.6 is 11.6 Å². The van der Waals surface area contributed by atoms with Crippen molar-refractivity contribution in [3.63, 3.8) is 0 Å². The molecule has 1 heterocycles. The lowest BCUT2D eigenvalue weighted by Crippen LogP contribution is -2.25. The number of non-ortho nitro benzene ring substituents is 1. The van der Waals surface area contributed by atoms with Crippen LogP contribution in [-0.4, -0.2) is 23.8 Å². The molecule has 8 nitrogen and oxygen atoms in total. The second-order valence-corrected chi connectivity index (χ2v) is 6.93. The summed E-state index contributed by atoms with van der Waals surface area (Å²) in [7, 11) is 1.63. The van der Waals surface area contributed by atoms with Crippen molar-refractivity contribution in [2.45, 2.75) is 0 Å². The van der Waals surface area contributed by atoms with Crippen LogP contribution in [0, 0.1) is 10.1 Å². The summed E-state index contributed by atoms with van der Waals surface area (Å²) in [6, 6.07) is 15.4. The third kappa shape index (κ3) is 3.44. The Morgan fingerprint density at radius 3 is 2.63 bits per heavy atom. The van der Waals surface area contributed by atoms with Crippen LogP contribution in [0.3, 0.4) is 0 Å². The van der Waals surface area contributed by atoms with Gasteiger partial charge in [-0.25, -0.2) is 0 Å². The smallest absolute Gasteiger partial charge is 0.270 e. The van der Waals surface area contributed by atoms with Gasteiger partial charge in [0.1, 0.15) is 5.75 Å². The average molecular weight is 424 g/mol. The minimum absolute atomic E-state index is 0.0482. The van der Waals surface area contributed by atoms with Crippen molar-refractivity contribution in [3.8, 4) is 11.5 Å². The van der Waals surface area contributed by atoms with E-state index in [-0.39, 0.29) is 27.7 Å². The van der Waals surface area contributed by atoms with Crippen LogP contribution in [0.15, 0.2) is 60.7 Å². The molecule has 0 bridgehead atoms. The van der Waals surface area contributed by atoms with E-state index >= 15 is 0 Å². The molecule has 1 N–H and O–H groups in total. The van der Waals surface area contributed by atoms with Crippen LogP contribution in [0.4, 0.5) is 17.1 Å². The maximum atomic E-state index is 12.9. The summed E-state index contributed by atoms with van der Waals surface area (Å²) in [6.07, 6.45) is 0. The molecule has 3 aromatic rings. The maximum absolute atomic E-state index is 12.9. The fraction of sp³-hybridized carbons (Fsp3) is 0.0476. The predicted molar refractivity (Wildman–Crippen MR) is 112 cm³/mol. The van der Waals surface area contributed by atoms with E-state index in [1.807, 2.05) is 0 Å². The lowest BCUT2D eigenvalue weighted by atomic mass is 10.1. The first-order chi connectivity index (χ1) is 14.3. The number of nitrogens with zero attached hydrogens (tertiary/aromatic N) is 2. The van der Waals surface area contributed by atoms with E-state index in [0.29, 0.717) is 22.9 Å². The molecule has 0 radical (unpaired) electrons. The molecule has 0 saturated carbocycles. The summed E-state index contributed by atoms with van der Waals surface area (Å²) >= 11 is 6.03. The minimum Gasteiger partial charge on any atom is -0.454 e. The number of amides is 2. The Morgan fingerprint density at radius 1 is 1.10 bits per heavy atom. The Bertz CT molecular complexity index is 1210. The van der Waals surface area contributed by atoms with Gasteiger partial charge in [-0.3, -0.25) is 19.7 Å². The Balaban J connectivity index is 1.66. The van der Waals surface area contributed by atoms with Gasteiger partial charge >= 0.3 is 0 Å². The SMILES string of the molecule is CN1C(=O)c2cc(NC(=O)c3cc([N+](=O)[O-])ccc3Cl)ccc2Oc2ccccc21. The number of halogens is 1. The van der Waals surface area contributed by atoms with Crippen molar-refractivity contribution in [1.82, 2.24) is 0 Å². The first-order valence-electron chi connectivity index (χ1n) is 8.79. The van der Waals surface area contributed by atoms with E-state index in [4.69, 9.17) is 16.3 Å². The Hall–Kier alpha value is -3.91. The molecule has 0 spiro atoms. The van der Waals surface area contributed by atoms with Crippen molar-refractivity contribution in [3.05, 3.63) is 86.9 Å². The second-order valence-electron chi connectivity index (χ2n) is 6.52. The number of para-hydroxylation sites is 2. The zero-order valence-corrected chi connectivity index (χ0v) is 16.3. The number of hydrogen-bond donors (Lipinski definition) is 1. The molecular formula is C21H14ClN3O5. The quantitative estimate of drug-likeness (QED) is 0.477. The number of fused-ring (bicyclic) bond motifs is 2. The summed E-state index contributed by atoms with van der Waals surface area (Å²) in [5, 5.41) is 13.7. The zero-order chi connectivity index (χ0) is 21.4. The van der Waals surface area contributed by atoms with Gasteiger partial charge in [0.25, 0.3) is 17.5 Å². The molecule has 9 heteroatoms. The summed E-state index contributed by atoms with van der Waals surface area (Å²) in [5.41, 5.74) is 0.893. The van der Waals surface area contributed by atoms with E-state index in [1.54, 1.807) is 43.4 Å². The first-order valence-corrected chi connectivity index (χ1v) is 9.17. The normalized spacial score (nSPS) is 12.3. The Morgan fingerprint density at radius 2 is 1.87 bits per heavy atom. The fourth-order valence-electron chi connectivity index (χ4n) is 3.09. The van der Waals surface area contributed by atoms with Gasteiger partial charge in [-0.05, 0) is 36.4 Å². The number of rotatable bonds is 3. The standard InChI is InChI=1S/C21H14ClN3O5/c1-24-17-4-2-3-5-19(17)30-18-9-6-12(10-15(18)21(24)27)23-20(26)14-11-13(25(28)29)7-8-16(14)22/h2-11H,1H3,(H,23,26). The summed E-state index contributed by atoms with van der Waals surface area (Å²) in [6.45, 7) is 0. The third-order valence-electron chi connectivity index (χ3n) is 4.62. The van der Waals surface area contributed by atoms with Gasteiger partial charge in [0.05, 0.1) is 26.8 Å². The van der Waals surface area contributed by atoms with Crippen molar-refractivity contribution in [2.75, 3.05) is 17.3 Å². The number of ether oxygens (including phenoxy) is 1. The van der Waals surface area contributed by atoms with Gasteiger partial charge in [-0.2, -0.15) is 0 Å². The highest BCUT2D eigenvalue weighted by atomic mass is 35.5. The summed E-state index contributed by atoms with van der Waals surface area (Å²) in [4.78, 5) is 37.4. The van der Waals surface area contributed by atoms with Crippen LogP contribution in [0.1, 0.15) is 20.7 Å². The van der Waals surface area contributed by atoms with Crippen molar-refractivity contribution >= 4 is 40.5 Å². The maximum Gasteiger partial charge on any atom is 0.270 e. The summed E-state index contributed by atoms with van der Waals surface area (Å²) in [5.74, 6) is -0.0582. The minimum atomic E-state index is -0.637. The number of carbonyl (C=O) groups excluding carboxylic acids is 2. The van der Waals surface area contributed by atoms with E-state index in [2.05, 4.69) is 5.32 Å². The molecular weight excluding hydrogens is 410 g/mol. The number of anilines is 2. The highest BCUT2D eigenvalue weighted by Gasteiger charge is 2.26. The van der Waals surface area contributed by atoms with E-state index in [1.165, 1.54) is 23.1 Å². The van der Waals surface area contributed by atoms with Crippen LogP contribution < -0.4 is 15.0 Å². The number of nitro benzene ring substituents is 1. The molecule has 2 amide bonds. The highest BCUT2D eigenvalue weighted by Crippen LogP contribution is 2.39. The van der Waals surface area contributed by atoms with E-state index in [0.717, 1.165) is 6.07 Å². The summed E-state index contributed by atoms with van der Waals surface area (Å²) < 4.78 is 5.88. The van der Waals surface area contributed by atoms with Crippen molar-refractivity contribution < 1.29 is 19.2 Å². The molecule has 0 saturated heterocycles. The largest absolute Gasteiger partial charge is 0.454 e. The first kappa shape index (κ1) is 19.4. The van der Waals surface area contributed by atoms with Crippen LogP contribution in [0.25, 0.3) is 0 Å². The topological polar surface area (TPSA) is 102 Å². The van der Waals surface area contributed by atoms with Gasteiger partial charge in [0.2, 0.25) is 0 Å². The van der Waals surface area contributed by atoms with E-state index < -0.39 is 10.8 Å². The van der Waals surface area contributed by atoms with Gasteiger partial charge in [0.15, 0.2) is 5.75 Å². The molecule has 4 rings (SSSR count). The fourth-order valence-corrected chi connectivity index (χ4v) is 3.30. The molecule has 0 aliphatic carbocycles. The van der Waals surface area contributed by atoms with Gasteiger partial charge in [-0.15, -0.1) is 0 Å². The Kier molecular flexibility index (Phi) is 4.85. The van der Waals surface area contributed by atoms with Crippen molar-refractivity contribution in [2.24, 2.45) is 0 Å². The van der Waals surface area contributed by atoms with E-state index in [9.17, 15) is 19.7 Å². The molecule has 3 aromatic carbocycles. The van der Waals surface area contributed by atoms with Gasteiger partial charge in [-0.1, -0.05) is 23.7 Å². The monoisotopic (exact) mass is 423 g/mol. The van der Waals surface area contributed by atoms with Gasteiger partial charge < -0.3 is 15.0 Å². The van der Waals surface area contributed by atoms with Crippen LogP contribution in [0.5, 0.6) is 11.5 Å². The van der Waals surface area contributed by atoms with Crippen LogP contribution in [-0.2, 0) is 0 Å². The highest BCUT2D eigenvalue weighted by molar-refractivity contribution is 6.34. The molecule has 0 fully saturated rings. The number of benzene rings is 3. The molecule has 1 aliphatic rings. The van der Waals surface area contributed by atoms with Gasteiger partial charge in [0, 0.05) is 24.9 Å². The second kappa shape index (κ2) is 7.49. The molecule has 0 aromatic heterocycles. The lowest BCUT2D eigenvalue weighted by molar-refractivity contribution is -0.384. The lowest BCUT2D eigenvalue weighted by Gasteiger charge is -2.16. The average Bonchev–Trinajstić information content (AvgIpc) is 2.83. The molecule has 0 unspecified atom stereocenters. The predicted octanol–water partition coefficient (Wildman–Crippen LogP) is 4.88. The molecule has 30 heavy (non-hydrogen) atoms. The third-order valence-corrected chi connectivity index (χ3v) is 4.95. The molecule has 150 valence electrons. The molecule has 1 aliphatic heterocycles. The number of nitrogens with one attached hydrogen (secondary N) is 1.